The number of carbonyl (C=O) groups excluding carboxylic acids is 2. The summed E-state index contributed by atoms with van der Waals surface area (Å²) in [5.41, 5.74) is 7.68. The second-order valence-electron chi connectivity index (χ2n) is 9.32. The summed E-state index contributed by atoms with van der Waals surface area (Å²) in [5, 5.41) is 6.07. The average molecular weight is 482 g/mol. The Hall–Kier alpha value is -1.72. The van der Waals surface area contributed by atoms with Crippen LogP contribution in [0.1, 0.15) is 54.4 Å². The van der Waals surface area contributed by atoms with Crippen molar-refractivity contribution in [1.82, 2.24) is 13.9 Å². The van der Waals surface area contributed by atoms with Gasteiger partial charge in [-0.3, -0.25) is 9.59 Å². The first-order valence-corrected chi connectivity index (χ1v) is 13.0. The number of nitrogens with zero attached hydrogens (tertiary/aromatic N) is 2. The molecule has 1 aromatic rings. The highest BCUT2D eigenvalue weighted by Crippen LogP contribution is 2.39. The number of carbonyl (C=O) groups is 2. The zero-order valence-corrected chi connectivity index (χ0v) is 19.3. The average Bonchev–Trinajstić information content (AvgIpc) is 3.23. The molecule has 2 bridgehead atoms. The van der Waals surface area contributed by atoms with Crippen LogP contribution in [0.2, 0.25) is 5.02 Å². The molecule has 0 saturated carbocycles. The molecule has 4 N–H and O–H groups in total. The molecule has 4 heterocycles. The van der Waals surface area contributed by atoms with Gasteiger partial charge in [0.25, 0.3) is 16.1 Å². The van der Waals surface area contributed by atoms with Gasteiger partial charge in [-0.05, 0) is 56.2 Å². The topological polar surface area (TPSA) is 125 Å². The van der Waals surface area contributed by atoms with Crippen LogP contribution < -0.4 is 16.4 Å². The van der Waals surface area contributed by atoms with Crippen molar-refractivity contribution in [2.75, 3.05) is 18.4 Å². The van der Waals surface area contributed by atoms with E-state index in [4.69, 9.17) is 17.3 Å². The predicted molar refractivity (Wildman–Crippen MR) is 121 cm³/mol. The molecule has 4 aliphatic heterocycles. The minimum atomic E-state index is -3.53. The van der Waals surface area contributed by atoms with Gasteiger partial charge >= 0.3 is 0 Å². The van der Waals surface area contributed by atoms with Crippen LogP contribution in [0.3, 0.4) is 0 Å². The summed E-state index contributed by atoms with van der Waals surface area (Å²) in [7, 11) is -3.53. The minimum Gasteiger partial charge on any atom is -0.349 e. The lowest BCUT2D eigenvalue weighted by molar-refractivity contribution is -0.115. The van der Waals surface area contributed by atoms with Crippen LogP contribution >= 0.6 is 11.6 Å². The van der Waals surface area contributed by atoms with E-state index < -0.39 is 10.2 Å². The summed E-state index contributed by atoms with van der Waals surface area (Å²) in [6.45, 7) is 0.932. The monoisotopic (exact) mass is 481 g/mol. The van der Waals surface area contributed by atoms with E-state index >= 15 is 0 Å². The van der Waals surface area contributed by atoms with Gasteiger partial charge in [0.15, 0.2) is 0 Å². The van der Waals surface area contributed by atoms with Gasteiger partial charge in [-0.2, -0.15) is 17.0 Å². The smallest absolute Gasteiger partial charge is 0.282 e. The zero-order valence-electron chi connectivity index (χ0n) is 17.7. The molecule has 174 valence electrons. The first-order chi connectivity index (χ1) is 15.2. The van der Waals surface area contributed by atoms with Gasteiger partial charge in [0.05, 0.1) is 17.0 Å². The van der Waals surface area contributed by atoms with E-state index in [2.05, 4.69) is 10.6 Å². The van der Waals surface area contributed by atoms with Crippen LogP contribution in [0.5, 0.6) is 0 Å². The molecule has 3 fully saturated rings. The molecular formula is C21H28ClN5O4S. The van der Waals surface area contributed by atoms with Gasteiger partial charge in [-0.25, -0.2) is 0 Å². The third-order valence-electron chi connectivity index (χ3n) is 7.16. The fourth-order valence-electron chi connectivity index (χ4n) is 5.55. The molecule has 3 saturated heterocycles. The van der Waals surface area contributed by atoms with Gasteiger partial charge < -0.3 is 16.4 Å². The highest BCUT2D eigenvalue weighted by Gasteiger charge is 2.49. The molecule has 32 heavy (non-hydrogen) atoms. The lowest BCUT2D eigenvalue weighted by Crippen LogP contribution is -2.57. The minimum absolute atomic E-state index is 0.0686. The normalized spacial score (nSPS) is 29.1. The van der Waals surface area contributed by atoms with Gasteiger partial charge in [0.1, 0.15) is 0 Å². The van der Waals surface area contributed by atoms with E-state index in [-0.39, 0.29) is 47.4 Å². The number of anilines is 1. The van der Waals surface area contributed by atoms with Crippen molar-refractivity contribution in [3.63, 3.8) is 0 Å². The summed E-state index contributed by atoms with van der Waals surface area (Å²) >= 11 is 6.30. The first kappa shape index (κ1) is 22.1. The summed E-state index contributed by atoms with van der Waals surface area (Å²) in [5.74, 6) is -0.405. The quantitative estimate of drug-likeness (QED) is 0.596. The predicted octanol–water partition coefficient (Wildman–Crippen LogP) is 1.23. The number of benzene rings is 1. The number of nitrogens with two attached hydrogens (primary N) is 1. The maximum atomic E-state index is 13.3. The third-order valence-corrected chi connectivity index (χ3v) is 9.61. The summed E-state index contributed by atoms with van der Waals surface area (Å²) in [6, 6.07) is 3.00. The fourth-order valence-corrected chi connectivity index (χ4v) is 7.88. The van der Waals surface area contributed by atoms with E-state index in [1.165, 1.54) is 0 Å². The lowest BCUT2D eigenvalue weighted by atomic mass is 9.99. The van der Waals surface area contributed by atoms with Crippen molar-refractivity contribution in [2.45, 2.75) is 69.1 Å². The van der Waals surface area contributed by atoms with Crippen molar-refractivity contribution in [3.05, 3.63) is 28.3 Å². The molecule has 1 aromatic carbocycles. The van der Waals surface area contributed by atoms with Crippen LogP contribution in [-0.2, 0) is 21.4 Å². The van der Waals surface area contributed by atoms with Crippen molar-refractivity contribution >= 4 is 39.3 Å². The summed E-state index contributed by atoms with van der Waals surface area (Å²) < 4.78 is 29.9. The SMILES string of the molecule is NC1CCN(S(=O)(=O)N2[C@@H]3CC[C@H]2CC(NC(=O)c2cc4c(cc2Cl)NC(=O)C4)C3)CC1. The molecule has 1 unspecified atom stereocenters. The van der Waals surface area contributed by atoms with Crippen molar-refractivity contribution in [1.29, 1.82) is 0 Å². The third kappa shape index (κ3) is 3.92. The number of hydrogen-bond acceptors (Lipinski definition) is 5. The summed E-state index contributed by atoms with van der Waals surface area (Å²) in [6.07, 6.45) is 4.37. The Bertz CT molecular complexity index is 1040. The Morgan fingerprint density at radius 1 is 1.12 bits per heavy atom. The molecule has 0 aliphatic carbocycles. The fraction of sp³-hybridized carbons (Fsp3) is 0.619. The van der Waals surface area contributed by atoms with E-state index in [1.807, 2.05) is 0 Å². The van der Waals surface area contributed by atoms with Crippen LogP contribution in [-0.4, -0.2) is 66.1 Å². The van der Waals surface area contributed by atoms with E-state index in [1.54, 1.807) is 20.7 Å². The molecule has 3 atom stereocenters. The van der Waals surface area contributed by atoms with Gasteiger partial charge in [0.2, 0.25) is 5.91 Å². The molecule has 5 rings (SSSR count). The van der Waals surface area contributed by atoms with Crippen LogP contribution in [0.15, 0.2) is 12.1 Å². The number of rotatable bonds is 4. The molecule has 11 heteroatoms. The van der Waals surface area contributed by atoms with E-state index in [9.17, 15) is 18.0 Å². The second-order valence-corrected chi connectivity index (χ2v) is 11.6. The van der Waals surface area contributed by atoms with E-state index in [0.717, 1.165) is 18.4 Å². The van der Waals surface area contributed by atoms with Crippen LogP contribution in [0, 0.1) is 0 Å². The second kappa shape index (κ2) is 8.25. The first-order valence-electron chi connectivity index (χ1n) is 11.2. The molecule has 0 aromatic heterocycles. The highest BCUT2D eigenvalue weighted by molar-refractivity contribution is 7.86. The lowest BCUT2D eigenvalue weighted by Gasteiger charge is -2.41. The Morgan fingerprint density at radius 2 is 1.78 bits per heavy atom. The molecular weight excluding hydrogens is 454 g/mol. The largest absolute Gasteiger partial charge is 0.349 e. The van der Waals surface area contributed by atoms with E-state index in [0.29, 0.717) is 50.0 Å². The number of nitrogens with one attached hydrogen (secondary N) is 2. The van der Waals surface area contributed by atoms with Gasteiger partial charge in [-0.15, -0.1) is 0 Å². The Kier molecular flexibility index (Phi) is 5.69. The molecule has 9 nitrogen and oxygen atoms in total. The van der Waals surface area contributed by atoms with Crippen LogP contribution in [0.4, 0.5) is 5.69 Å². The van der Waals surface area contributed by atoms with Gasteiger partial charge in [0, 0.05) is 42.9 Å². The number of fused-ring (bicyclic) bond motifs is 3. The summed E-state index contributed by atoms with van der Waals surface area (Å²) in [4.78, 5) is 24.6. The standard InChI is InChI=1S/C21H28ClN5O4S/c22-18-11-19-12(8-20(28)25-19)7-17(18)21(29)24-14-9-15-1-2-16(10-14)27(15)32(30,31)26-5-3-13(23)4-6-26/h7,11,13-16H,1-6,8-10,23H2,(H,24,29)(H,25,28)/t14?,15-,16+. The maximum Gasteiger partial charge on any atom is 0.282 e. The Labute approximate surface area is 192 Å². The number of piperidine rings is 2. The number of amides is 2. The maximum absolute atomic E-state index is 13.3. The Balaban J connectivity index is 1.27. The number of halogens is 1. The molecule has 0 radical (unpaired) electrons. The molecule has 0 spiro atoms. The Morgan fingerprint density at radius 3 is 2.44 bits per heavy atom. The van der Waals surface area contributed by atoms with Gasteiger partial charge in [-0.1, -0.05) is 11.6 Å². The van der Waals surface area contributed by atoms with Crippen molar-refractivity contribution < 1.29 is 18.0 Å². The van der Waals surface area contributed by atoms with Crippen LogP contribution in [0.25, 0.3) is 0 Å². The molecule has 2 amide bonds. The highest BCUT2D eigenvalue weighted by atomic mass is 35.5. The van der Waals surface area contributed by atoms with Crippen molar-refractivity contribution in [2.24, 2.45) is 5.73 Å². The number of hydrogen-bond donors (Lipinski definition) is 3. The van der Waals surface area contributed by atoms with Crippen molar-refractivity contribution in [3.8, 4) is 0 Å². The molecule has 4 aliphatic rings. The zero-order chi connectivity index (χ0) is 22.6.